The molecule has 1 atom stereocenters. The standard InChI is InChI=1S/C14H18N2O/c1-11(6-7-17)15-9-12-8-13-4-2-3-5-14(13)16-10-12/h2-5,8,10-11,15,17H,6-7,9H2,1H3. The van der Waals surface area contributed by atoms with Crippen molar-refractivity contribution in [3.05, 3.63) is 42.1 Å². The van der Waals surface area contributed by atoms with Gasteiger partial charge in [-0.2, -0.15) is 0 Å². The number of nitrogens with zero attached hydrogens (tertiary/aromatic N) is 1. The van der Waals surface area contributed by atoms with Gasteiger partial charge in [0.15, 0.2) is 0 Å². The van der Waals surface area contributed by atoms with Gasteiger partial charge in [0.2, 0.25) is 0 Å². The predicted octanol–water partition coefficient (Wildman–Crippen LogP) is 2.10. The van der Waals surface area contributed by atoms with Crippen LogP contribution in [0, 0.1) is 0 Å². The van der Waals surface area contributed by atoms with Crippen LogP contribution in [0.2, 0.25) is 0 Å². The summed E-state index contributed by atoms with van der Waals surface area (Å²) >= 11 is 0. The van der Waals surface area contributed by atoms with E-state index in [9.17, 15) is 0 Å². The number of aromatic nitrogens is 1. The van der Waals surface area contributed by atoms with Crippen molar-refractivity contribution in [3.8, 4) is 0 Å². The van der Waals surface area contributed by atoms with Gasteiger partial charge in [0, 0.05) is 30.8 Å². The van der Waals surface area contributed by atoms with Crippen molar-refractivity contribution >= 4 is 10.9 Å². The van der Waals surface area contributed by atoms with Gasteiger partial charge in [-0.1, -0.05) is 18.2 Å². The van der Waals surface area contributed by atoms with Crippen LogP contribution in [0.3, 0.4) is 0 Å². The fraction of sp³-hybridized carbons (Fsp3) is 0.357. The second-order valence-electron chi connectivity index (χ2n) is 4.33. The lowest BCUT2D eigenvalue weighted by molar-refractivity contribution is 0.268. The topological polar surface area (TPSA) is 45.1 Å². The number of para-hydroxylation sites is 1. The van der Waals surface area contributed by atoms with E-state index in [4.69, 9.17) is 5.11 Å². The predicted molar refractivity (Wildman–Crippen MR) is 69.7 cm³/mol. The van der Waals surface area contributed by atoms with Crippen LogP contribution < -0.4 is 5.32 Å². The molecular weight excluding hydrogens is 212 g/mol. The van der Waals surface area contributed by atoms with Gasteiger partial charge >= 0.3 is 0 Å². The number of aliphatic hydroxyl groups is 1. The average molecular weight is 230 g/mol. The van der Waals surface area contributed by atoms with Crippen LogP contribution in [-0.2, 0) is 6.54 Å². The molecule has 0 bridgehead atoms. The van der Waals surface area contributed by atoms with Crippen LogP contribution in [0.15, 0.2) is 36.5 Å². The number of fused-ring (bicyclic) bond motifs is 1. The molecular formula is C14H18N2O. The first-order valence-electron chi connectivity index (χ1n) is 5.97. The molecule has 1 unspecified atom stereocenters. The van der Waals surface area contributed by atoms with Crippen LogP contribution >= 0.6 is 0 Å². The van der Waals surface area contributed by atoms with E-state index in [1.54, 1.807) is 0 Å². The number of aliphatic hydroxyl groups excluding tert-OH is 1. The molecule has 1 heterocycles. The van der Waals surface area contributed by atoms with E-state index in [2.05, 4.69) is 29.4 Å². The number of hydrogen-bond donors (Lipinski definition) is 2. The highest BCUT2D eigenvalue weighted by atomic mass is 16.3. The minimum Gasteiger partial charge on any atom is -0.396 e. The second kappa shape index (κ2) is 5.75. The van der Waals surface area contributed by atoms with E-state index >= 15 is 0 Å². The molecule has 0 fully saturated rings. The van der Waals surface area contributed by atoms with Gasteiger partial charge in [0.25, 0.3) is 0 Å². The van der Waals surface area contributed by atoms with Gasteiger partial charge in [0.1, 0.15) is 0 Å². The summed E-state index contributed by atoms with van der Waals surface area (Å²) in [7, 11) is 0. The van der Waals surface area contributed by atoms with Crippen molar-refractivity contribution in [1.82, 2.24) is 10.3 Å². The summed E-state index contributed by atoms with van der Waals surface area (Å²) in [6.45, 7) is 3.09. The van der Waals surface area contributed by atoms with Crippen LogP contribution in [0.5, 0.6) is 0 Å². The first-order chi connectivity index (χ1) is 8.29. The normalized spacial score (nSPS) is 12.8. The summed E-state index contributed by atoms with van der Waals surface area (Å²) in [5, 5.41) is 13.4. The summed E-state index contributed by atoms with van der Waals surface area (Å²) in [5.41, 5.74) is 2.20. The monoisotopic (exact) mass is 230 g/mol. The van der Waals surface area contributed by atoms with Gasteiger partial charge in [-0.3, -0.25) is 4.98 Å². The van der Waals surface area contributed by atoms with Gasteiger partial charge in [-0.05, 0) is 31.0 Å². The third kappa shape index (κ3) is 3.25. The molecule has 0 amide bonds. The minimum atomic E-state index is 0.226. The lowest BCUT2D eigenvalue weighted by Gasteiger charge is -2.12. The summed E-state index contributed by atoms with van der Waals surface area (Å²) in [6.07, 6.45) is 2.68. The summed E-state index contributed by atoms with van der Waals surface area (Å²) < 4.78 is 0. The average Bonchev–Trinajstić information content (AvgIpc) is 2.36. The molecule has 0 radical (unpaired) electrons. The maximum absolute atomic E-state index is 8.82. The van der Waals surface area contributed by atoms with Crippen LogP contribution in [0.4, 0.5) is 0 Å². The molecule has 3 nitrogen and oxygen atoms in total. The van der Waals surface area contributed by atoms with Gasteiger partial charge in [-0.15, -0.1) is 0 Å². The fourth-order valence-electron chi connectivity index (χ4n) is 1.80. The van der Waals surface area contributed by atoms with Crippen LogP contribution in [0.1, 0.15) is 18.9 Å². The highest BCUT2D eigenvalue weighted by molar-refractivity contribution is 5.78. The molecule has 1 aromatic carbocycles. The van der Waals surface area contributed by atoms with E-state index in [-0.39, 0.29) is 6.61 Å². The number of benzene rings is 1. The molecule has 0 aliphatic heterocycles. The van der Waals surface area contributed by atoms with Crippen molar-refractivity contribution in [2.45, 2.75) is 25.9 Å². The first kappa shape index (κ1) is 12.0. The van der Waals surface area contributed by atoms with Crippen molar-refractivity contribution in [2.75, 3.05) is 6.61 Å². The zero-order valence-corrected chi connectivity index (χ0v) is 10.1. The molecule has 0 aliphatic rings. The Labute approximate surface area is 102 Å². The first-order valence-corrected chi connectivity index (χ1v) is 5.97. The zero-order chi connectivity index (χ0) is 12.1. The second-order valence-corrected chi connectivity index (χ2v) is 4.33. The van der Waals surface area contributed by atoms with Gasteiger partial charge in [0.05, 0.1) is 5.52 Å². The highest BCUT2D eigenvalue weighted by Crippen LogP contribution is 2.12. The van der Waals surface area contributed by atoms with Gasteiger partial charge < -0.3 is 10.4 Å². The molecule has 1 aromatic heterocycles. The molecule has 3 heteroatoms. The Hall–Kier alpha value is -1.45. The Bertz CT molecular complexity index is 484. The molecule has 17 heavy (non-hydrogen) atoms. The fourth-order valence-corrected chi connectivity index (χ4v) is 1.80. The number of hydrogen-bond acceptors (Lipinski definition) is 3. The van der Waals surface area contributed by atoms with Gasteiger partial charge in [-0.25, -0.2) is 0 Å². The minimum absolute atomic E-state index is 0.226. The largest absolute Gasteiger partial charge is 0.396 e. The summed E-state index contributed by atoms with van der Waals surface area (Å²) in [4.78, 5) is 4.42. The van der Waals surface area contributed by atoms with E-state index in [1.807, 2.05) is 24.4 Å². The maximum Gasteiger partial charge on any atom is 0.0702 e. The Kier molecular flexibility index (Phi) is 4.07. The number of nitrogens with one attached hydrogen (secondary N) is 1. The van der Waals surface area contributed by atoms with Crippen molar-refractivity contribution < 1.29 is 5.11 Å². The maximum atomic E-state index is 8.82. The van der Waals surface area contributed by atoms with Crippen LogP contribution in [0.25, 0.3) is 10.9 Å². The Morgan fingerprint density at radius 2 is 2.18 bits per heavy atom. The highest BCUT2D eigenvalue weighted by Gasteiger charge is 2.01. The molecule has 0 saturated carbocycles. The van der Waals surface area contributed by atoms with E-state index < -0.39 is 0 Å². The Morgan fingerprint density at radius 1 is 1.35 bits per heavy atom. The van der Waals surface area contributed by atoms with E-state index in [0.29, 0.717) is 6.04 Å². The smallest absolute Gasteiger partial charge is 0.0702 e. The SMILES string of the molecule is CC(CCO)NCc1cnc2ccccc2c1. The van der Waals surface area contributed by atoms with Crippen molar-refractivity contribution in [2.24, 2.45) is 0 Å². The Morgan fingerprint density at radius 3 is 3.00 bits per heavy atom. The molecule has 0 saturated heterocycles. The zero-order valence-electron chi connectivity index (χ0n) is 10.1. The number of rotatable bonds is 5. The third-order valence-electron chi connectivity index (χ3n) is 2.86. The molecule has 2 rings (SSSR count). The van der Waals surface area contributed by atoms with E-state index in [1.165, 1.54) is 10.9 Å². The number of pyridine rings is 1. The van der Waals surface area contributed by atoms with Crippen molar-refractivity contribution in [3.63, 3.8) is 0 Å². The molecule has 90 valence electrons. The van der Waals surface area contributed by atoms with Crippen LogP contribution in [-0.4, -0.2) is 22.7 Å². The molecule has 2 N–H and O–H groups in total. The third-order valence-corrected chi connectivity index (χ3v) is 2.86. The lowest BCUT2D eigenvalue weighted by Crippen LogP contribution is -2.26. The summed E-state index contributed by atoms with van der Waals surface area (Å²) in [5.74, 6) is 0. The lowest BCUT2D eigenvalue weighted by atomic mass is 10.1. The quantitative estimate of drug-likeness (QED) is 0.826. The summed E-state index contributed by atoms with van der Waals surface area (Å²) in [6, 6.07) is 10.6. The molecule has 2 aromatic rings. The molecule has 0 spiro atoms. The molecule has 0 aliphatic carbocycles. The van der Waals surface area contributed by atoms with Crippen molar-refractivity contribution in [1.29, 1.82) is 0 Å². The van der Waals surface area contributed by atoms with E-state index in [0.717, 1.165) is 18.5 Å². The Balaban J connectivity index is 2.04.